The van der Waals surface area contributed by atoms with Crippen LogP contribution in [-0.2, 0) is 19.4 Å². The van der Waals surface area contributed by atoms with Crippen molar-refractivity contribution in [3.8, 4) is 0 Å². The Bertz CT molecular complexity index is 518. The van der Waals surface area contributed by atoms with E-state index >= 15 is 0 Å². The quantitative estimate of drug-likeness (QED) is 0.646. The first-order valence-electron chi connectivity index (χ1n) is 9.57. The first-order chi connectivity index (χ1) is 11.5. The number of hydrogen-bond donors (Lipinski definition) is 0. The predicted molar refractivity (Wildman–Crippen MR) is 95.8 cm³/mol. The minimum absolute atomic E-state index is 0.0928. The zero-order chi connectivity index (χ0) is 17.0. The van der Waals surface area contributed by atoms with Gasteiger partial charge in [-0.15, -0.1) is 11.3 Å². The fraction of sp³-hybridized carbons (Fsp3) is 0.842. The lowest BCUT2D eigenvalue weighted by Crippen LogP contribution is -2.31. The zero-order valence-corrected chi connectivity index (χ0v) is 15.6. The number of rotatable bonds is 7. The summed E-state index contributed by atoms with van der Waals surface area (Å²) < 4.78 is 26.0. The van der Waals surface area contributed by atoms with E-state index < -0.39 is 5.92 Å². The van der Waals surface area contributed by atoms with E-state index in [0.717, 1.165) is 49.6 Å². The molecule has 1 saturated carbocycles. The lowest BCUT2D eigenvalue weighted by Gasteiger charge is -2.27. The lowest BCUT2D eigenvalue weighted by molar-refractivity contribution is 0.0133. The SMILES string of the molecule is CC(F)(F)CCc1nc2c(s1)CCN(CCCC1CCCCC1)C2. The van der Waals surface area contributed by atoms with Crippen LogP contribution in [0.25, 0.3) is 0 Å². The number of aryl methyl sites for hydroxylation is 1. The third-order valence-corrected chi connectivity index (χ3v) is 6.66. The van der Waals surface area contributed by atoms with E-state index in [2.05, 4.69) is 9.88 Å². The average molecular weight is 357 g/mol. The van der Waals surface area contributed by atoms with Gasteiger partial charge in [0.05, 0.1) is 10.7 Å². The Balaban J connectivity index is 1.43. The highest BCUT2D eigenvalue weighted by molar-refractivity contribution is 7.11. The van der Waals surface area contributed by atoms with Gasteiger partial charge in [0.2, 0.25) is 5.92 Å². The van der Waals surface area contributed by atoms with Crippen molar-refractivity contribution in [2.75, 3.05) is 13.1 Å². The molecule has 2 heterocycles. The Hall–Kier alpha value is -0.550. The van der Waals surface area contributed by atoms with Crippen molar-refractivity contribution in [2.24, 2.45) is 5.92 Å². The number of aromatic nitrogens is 1. The number of thiazole rings is 1. The van der Waals surface area contributed by atoms with Gasteiger partial charge in [0.1, 0.15) is 0 Å². The second-order valence-electron chi connectivity index (χ2n) is 7.72. The number of fused-ring (bicyclic) bond motifs is 1. The number of hydrogen-bond acceptors (Lipinski definition) is 3. The summed E-state index contributed by atoms with van der Waals surface area (Å²) in [4.78, 5) is 8.48. The van der Waals surface area contributed by atoms with Gasteiger partial charge in [-0.05, 0) is 38.6 Å². The molecule has 0 amide bonds. The van der Waals surface area contributed by atoms with Crippen LogP contribution in [-0.4, -0.2) is 28.9 Å². The Morgan fingerprint density at radius 1 is 1.25 bits per heavy atom. The summed E-state index contributed by atoms with van der Waals surface area (Å²) in [6.07, 6.45) is 11.2. The topological polar surface area (TPSA) is 16.1 Å². The second kappa shape index (κ2) is 8.22. The molecule has 0 saturated heterocycles. The highest BCUT2D eigenvalue weighted by Gasteiger charge is 2.24. The fourth-order valence-electron chi connectivity index (χ4n) is 4.01. The van der Waals surface area contributed by atoms with Gasteiger partial charge in [-0.3, -0.25) is 4.90 Å². The molecule has 0 N–H and O–H groups in total. The molecule has 1 aliphatic carbocycles. The average Bonchev–Trinajstić information content (AvgIpc) is 2.96. The summed E-state index contributed by atoms with van der Waals surface area (Å²) in [5.41, 5.74) is 1.15. The molecular weight excluding hydrogens is 326 g/mol. The molecule has 5 heteroatoms. The van der Waals surface area contributed by atoms with Gasteiger partial charge < -0.3 is 0 Å². The molecule has 1 aromatic rings. The second-order valence-corrected chi connectivity index (χ2v) is 8.89. The van der Waals surface area contributed by atoms with Crippen molar-refractivity contribution in [1.82, 2.24) is 9.88 Å². The lowest BCUT2D eigenvalue weighted by atomic mass is 9.86. The van der Waals surface area contributed by atoms with Crippen molar-refractivity contribution >= 4 is 11.3 Å². The summed E-state index contributed by atoms with van der Waals surface area (Å²) in [6.45, 7) is 4.17. The summed E-state index contributed by atoms with van der Waals surface area (Å²) in [5, 5.41) is 0.894. The number of alkyl halides is 2. The van der Waals surface area contributed by atoms with Crippen molar-refractivity contribution in [3.05, 3.63) is 15.6 Å². The molecule has 24 heavy (non-hydrogen) atoms. The smallest absolute Gasteiger partial charge is 0.245 e. The van der Waals surface area contributed by atoms with Crippen LogP contribution >= 0.6 is 11.3 Å². The minimum Gasteiger partial charge on any atom is -0.297 e. The van der Waals surface area contributed by atoms with E-state index in [9.17, 15) is 8.78 Å². The first-order valence-corrected chi connectivity index (χ1v) is 10.4. The van der Waals surface area contributed by atoms with Crippen molar-refractivity contribution in [3.63, 3.8) is 0 Å². The molecule has 3 rings (SSSR count). The Kier molecular flexibility index (Phi) is 6.25. The third kappa shape index (κ3) is 5.48. The minimum atomic E-state index is -2.59. The molecule has 0 bridgehead atoms. The fourth-order valence-corrected chi connectivity index (χ4v) is 5.08. The van der Waals surface area contributed by atoms with Crippen molar-refractivity contribution in [2.45, 2.75) is 83.6 Å². The molecule has 1 aliphatic heterocycles. The van der Waals surface area contributed by atoms with Crippen LogP contribution in [0.2, 0.25) is 0 Å². The van der Waals surface area contributed by atoms with Crippen LogP contribution in [0.3, 0.4) is 0 Å². The van der Waals surface area contributed by atoms with Crippen LogP contribution in [0.15, 0.2) is 0 Å². The van der Waals surface area contributed by atoms with E-state index in [4.69, 9.17) is 0 Å². The third-order valence-electron chi connectivity index (χ3n) is 5.44. The molecule has 2 aliphatic rings. The van der Waals surface area contributed by atoms with E-state index in [1.54, 1.807) is 11.3 Å². The molecule has 1 fully saturated rings. The maximum absolute atomic E-state index is 13.0. The molecule has 0 unspecified atom stereocenters. The van der Waals surface area contributed by atoms with E-state index in [1.165, 1.54) is 49.8 Å². The first kappa shape index (κ1) is 18.2. The maximum Gasteiger partial charge on any atom is 0.245 e. The standard InChI is InChI=1S/C19H30F2N2S/c1-19(20,21)11-9-18-22-16-14-23(13-10-17(16)24-18)12-5-8-15-6-3-2-4-7-15/h15H,2-14H2,1H3. The Morgan fingerprint density at radius 3 is 2.79 bits per heavy atom. The highest BCUT2D eigenvalue weighted by Crippen LogP contribution is 2.30. The van der Waals surface area contributed by atoms with Crippen LogP contribution in [0, 0.1) is 5.92 Å². The zero-order valence-electron chi connectivity index (χ0n) is 14.8. The van der Waals surface area contributed by atoms with E-state index in [1.807, 2.05) is 0 Å². The summed E-state index contributed by atoms with van der Waals surface area (Å²) in [7, 11) is 0. The largest absolute Gasteiger partial charge is 0.297 e. The van der Waals surface area contributed by atoms with Crippen LogP contribution in [0.1, 0.15) is 73.9 Å². The van der Waals surface area contributed by atoms with E-state index in [0.29, 0.717) is 6.42 Å². The monoisotopic (exact) mass is 356 g/mol. The molecular formula is C19H30F2N2S. The molecule has 0 radical (unpaired) electrons. The van der Waals surface area contributed by atoms with Gasteiger partial charge in [0.25, 0.3) is 0 Å². The molecule has 0 atom stereocenters. The van der Waals surface area contributed by atoms with Gasteiger partial charge in [0.15, 0.2) is 0 Å². The van der Waals surface area contributed by atoms with Crippen LogP contribution in [0.5, 0.6) is 0 Å². The Morgan fingerprint density at radius 2 is 2.04 bits per heavy atom. The summed E-state index contributed by atoms with van der Waals surface area (Å²) in [5.74, 6) is -1.63. The maximum atomic E-state index is 13.0. The summed E-state index contributed by atoms with van der Waals surface area (Å²) in [6, 6.07) is 0. The van der Waals surface area contributed by atoms with Gasteiger partial charge in [-0.25, -0.2) is 13.8 Å². The van der Waals surface area contributed by atoms with Crippen LogP contribution in [0.4, 0.5) is 8.78 Å². The Labute approximate surface area is 148 Å². The predicted octanol–water partition coefficient (Wildman–Crippen LogP) is 5.45. The number of nitrogens with zero attached hydrogens (tertiary/aromatic N) is 2. The molecule has 0 spiro atoms. The van der Waals surface area contributed by atoms with Gasteiger partial charge in [0, 0.05) is 30.8 Å². The van der Waals surface area contributed by atoms with Crippen LogP contribution < -0.4 is 0 Å². The van der Waals surface area contributed by atoms with Crippen molar-refractivity contribution < 1.29 is 8.78 Å². The molecule has 2 nitrogen and oxygen atoms in total. The van der Waals surface area contributed by atoms with E-state index in [-0.39, 0.29) is 6.42 Å². The highest BCUT2D eigenvalue weighted by atomic mass is 32.1. The molecule has 136 valence electrons. The number of halogens is 2. The van der Waals surface area contributed by atoms with Crippen molar-refractivity contribution in [1.29, 1.82) is 0 Å². The van der Waals surface area contributed by atoms with Gasteiger partial charge in [-0.1, -0.05) is 32.1 Å². The van der Waals surface area contributed by atoms with Gasteiger partial charge >= 0.3 is 0 Å². The normalized spacial score (nSPS) is 20.3. The molecule has 1 aromatic heterocycles. The summed E-state index contributed by atoms with van der Waals surface area (Å²) >= 11 is 1.65. The van der Waals surface area contributed by atoms with Gasteiger partial charge in [-0.2, -0.15) is 0 Å². The molecule has 0 aromatic carbocycles.